The van der Waals surface area contributed by atoms with Crippen LogP contribution in [0.3, 0.4) is 0 Å². The highest BCUT2D eigenvalue weighted by Crippen LogP contribution is 2.35. The van der Waals surface area contributed by atoms with Crippen LogP contribution >= 0.6 is 0 Å². The quantitative estimate of drug-likeness (QED) is 0.659. The van der Waals surface area contributed by atoms with Crippen molar-refractivity contribution in [3.05, 3.63) is 11.9 Å². The molecule has 1 fully saturated rings. The lowest BCUT2D eigenvalue weighted by molar-refractivity contribution is -0.179. The van der Waals surface area contributed by atoms with Gasteiger partial charge < -0.3 is 10.3 Å². The first-order chi connectivity index (χ1) is 9.44. The molecule has 0 aliphatic carbocycles. The molecule has 1 saturated heterocycles. The van der Waals surface area contributed by atoms with E-state index in [4.69, 9.17) is 5.84 Å². The Morgan fingerprint density at radius 2 is 2.00 bits per heavy atom. The van der Waals surface area contributed by atoms with Crippen molar-refractivity contribution in [2.45, 2.75) is 32.4 Å². The van der Waals surface area contributed by atoms with Gasteiger partial charge in [-0.3, -0.25) is 0 Å². The van der Waals surface area contributed by atoms with E-state index in [0.717, 1.165) is 0 Å². The summed E-state index contributed by atoms with van der Waals surface area (Å²) in [5, 5.41) is 0. The molecule has 1 aromatic heterocycles. The molecule has 3 N–H and O–H groups in total. The van der Waals surface area contributed by atoms with Crippen LogP contribution in [0.2, 0.25) is 0 Å². The molecule has 2 heterocycles. The number of hydrogen-bond acceptors (Lipinski definition) is 5. The van der Waals surface area contributed by atoms with Crippen LogP contribution < -0.4 is 16.2 Å². The number of aryl methyl sites for hydroxylation is 1. The second kappa shape index (κ2) is 5.82. The summed E-state index contributed by atoms with van der Waals surface area (Å²) in [4.78, 5) is 10.4. The normalized spacial score (nSPS) is 17.4. The number of hydrazine groups is 1. The molecule has 0 atom stereocenters. The zero-order valence-electron chi connectivity index (χ0n) is 11.2. The van der Waals surface area contributed by atoms with Gasteiger partial charge in [-0.05, 0) is 12.8 Å². The number of aromatic nitrogens is 2. The number of halogens is 3. The van der Waals surface area contributed by atoms with Gasteiger partial charge in [0.2, 0.25) is 0 Å². The lowest BCUT2D eigenvalue weighted by Gasteiger charge is -2.33. The largest absolute Gasteiger partial charge is 0.391 e. The van der Waals surface area contributed by atoms with Gasteiger partial charge in [-0.2, -0.15) is 13.2 Å². The minimum Gasteiger partial charge on any atom is -0.356 e. The van der Waals surface area contributed by atoms with Crippen molar-refractivity contribution in [2.24, 2.45) is 11.8 Å². The van der Waals surface area contributed by atoms with Gasteiger partial charge in [0.15, 0.2) is 0 Å². The summed E-state index contributed by atoms with van der Waals surface area (Å²) in [7, 11) is 0. The second-order valence-electron chi connectivity index (χ2n) is 4.83. The van der Waals surface area contributed by atoms with Crippen LogP contribution in [-0.4, -0.2) is 29.2 Å². The first-order valence-electron chi connectivity index (χ1n) is 6.60. The Bertz CT molecular complexity index is 433. The van der Waals surface area contributed by atoms with Crippen LogP contribution in [-0.2, 0) is 6.42 Å². The zero-order valence-corrected chi connectivity index (χ0v) is 11.2. The Morgan fingerprint density at radius 3 is 2.50 bits per heavy atom. The number of anilines is 2. The van der Waals surface area contributed by atoms with Gasteiger partial charge >= 0.3 is 6.18 Å². The maximum absolute atomic E-state index is 12.6. The third-order valence-electron chi connectivity index (χ3n) is 3.50. The molecule has 112 valence electrons. The van der Waals surface area contributed by atoms with Crippen LogP contribution in [0.1, 0.15) is 25.6 Å². The van der Waals surface area contributed by atoms with Crippen molar-refractivity contribution in [3.63, 3.8) is 0 Å². The highest BCUT2D eigenvalue weighted by Gasteiger charge is 2.41. The predicted octanol–water partition coefficient (Wildman–Crippen LogP) is 2.10. The van der Waals surface area contributed by atoms with Crippen molar-refractivity contribution in [1.29, 1.82) is 0 Å². The van der Waals surface area contributed by atoms with E-state index in [2.05, 4.69) is 15.4 Å². The lowest BCUT2D eigenvalue weighted by atomic mass is 9.96. The van der Waals surface area contributed by atoms with E-state index in [9.17, 15) is 13.2 Å². The summed E-state index contributed by atoms with van der Waals surface area (Å²) >= 11 is 0. The van der Waals surface area contributed by atoms with Crippen molar-refractivity contribution < 1.29 is 13.2 Å². The Hall–Kier alpha value is -1.57. The van der Waals surface area contributed by atoms with Gasteiger partial charge in [0.25, 0.3) is 0 Å². The molecular formula is C12H18F3N5. The van der Waals surface area contributed by atoms with Crippen LogP contribution in [0.25, 0.3) is 0 Å². The average molecular weight is 289 g/mol. The number of nitrogens with zero attached hydrogens (tertiary/aromatic N) is 3. The number of rotatable bonds is 3. The number of nitrogens with one attached hydrogen (secondary N) is 1. The molecule has 0 saturated carbocycles. The Balaban J connectivity index is 2.10. The molecule has 1 aromatic rings. The molecule has 0 amide bonds. The van der Waals surface area contributed by atoms with Gasteiger partial charge in [-0.15, -0.1) is 0 Å². The molecule has 5 nitrogen and oxygen atoms in total. The summed E-state index contributed by atoms with van der Waals surface area (Å²) < 4.78 is 37.9. The van der Waals surface area contributed by atoms with Crippen molar-refractivity contribution in [1.82, 2.24) is 9.97 Å². The molecule has 0 spiro atoms. The van der Waals surface area contributed by atoms with E-state index in [1.54, 1.807) is 6.07 Å². The summed E-state index contributed by atoms with van der Waals surface area (Å²) in [6.07, 6.45) is -3.27. The highest BCUT2D eigenvalue weighted by atomic mass is 19.4. The number of piperidine rings is 1. The SMILES string of the molecule is CCc1nc(NN)cc(N2CCC(C(F)(F)F)CC2)n1. The first kappa shape index (κ1) is 14.8. The van der Waals surface area contributed by atoms with Crippen LogP contribution in [0.5, 0.6) is 0 Å². The molecule has 1 aliphatic heterocycles. The summed E-state index contributed by atoms with van der Waals surface area (Å²) in [6, 6.07) is 1.66. The number of alkyl halides is 3. The summed E-state index contributed by atoms with van der Waals surface area (Å²) in [6.45, 7) is 2.60. The fourth-order valence-electron chi connectivity index (χ4n) is 2.31. The first-order valence-corrected chi connectivity index (χ1v) is 6.60. The van der Waals surface area contributed by atoms with E-state index in [1.807, 2.05) is 11.8 Å². The van der Waals surface area contributed by atoms with Gasteiger partial charge in [-0.25, -0.2) is 15.8 Å². The van der Waals surface area contributed by atoms with E-state index < -0.39 is 12.1 Å². The van der Waals surface area contributed by atoms with Crippen molar-refractivity contribution in [2.75, 3.05) is 23.4 Å². The van der Waals surface area contributed by atoms with E-state index >= 15 is 0 Å². The van der Waals surface area contributed by atoms with Crippen molar-refractivity contribution in [3.8, 4) is 0 Å². The topological polar surface area (TPSA) is 67.1 Å². The van der Waals surface area contributed by atoms with Crippen molar-refractivity contribution >= 4 is 11.6 Å². The molecule has 8 heteroatoms. The third kappa shape index (κ3) is 3.30. The third-order valence-corrected chi connectivity index (χ3v) is 3.50. The van der Waals surface area contributed by atoms with E-state index in [0.29, 0.717) is 37.0 Å². The number of hydrogen-bond donors (Lipinski definition) is 2. The van der Waals surface area contributed by atoms with Crippen LogP contribution in [0.4, 0.5) is 24.8 Å². The second-order valence-corrected chi connectivity index (χ2v) is 4.83. The van der Waals surface area contributed by atoms with Gasteiger partial charge in [0.05, 0.1) is 5.92 Å². The fourth-order valence-corrected chi connectivity index (χ4v) is 2.31. The maximum Gasteiger partial charge on any atom is 0.391 e. The van der Waals surface area contributed by atoms with Gasteiger partial charge in [0.1, 0.15) is 17.5 Å². The Kier molecular flexibility index (Phi) is 4.32. The lowest BCUT2D eigenvalue weighted by Crippen LogP contribution is -2.39. The predicted molar refractivity (Wildman–Crippen MR) is 70.2 cm³/mol. The highest BCUT2D eigenvalue weighted by molar-refractivity contribution is 5.49. The molecule has 0 unspecified atom stereocenters. The molecule has 0 radical (unpaired) electrons. The standard InChI is InChI=1S/C12H18F3N5/c1-2-9-17-10(19-16)7-11(18-9)20-5-3-8(4-6-20)12(13,14)15/h7-8H,2-6,16H2,1H3,(H,17,18,19). The maximum atomic E-state index is 12.6. The van der Waals surface area contributed by atoms with Gasteiger partial charge in [0, 0.05) is 25.6 Å². The van der Waals surface area contributed by atoms with Gasteiger partial charge in [-0.1, -0.05) is 6.92 Å². The molecule has 1 aliphatic rings. The van der Waals surface area contributed by atoms with E-state index in [1.165, 1.54) is 0 Å². The molecule has 0 aromatic carbocycles. The number of nitrogens with two attached hydrogens (primary N) is 1. The minimum absolute atomic E-state index is 0.0976. The molecule has 2 rings (SSSR count). The Morgan fingerprint density at radius 1 is 1.35 bits per heavy atom. The minimum atomic E-state index is -4.10. The smallest absolute Gasteiger partial charge is 0.356 e. The van der Waals surface area contributed by atoms with Crippen LogP contribution in [0, 0.1) is 5.92 Å². The zero-order chi connectivity index (χ0) is 14.8. The average Bonchev–Trinajstić information content (AvgIpc) is 2.46. The van der Waals surface area contributed by atoms with Crippen LogP contribution in [0.15, 0.2) is 6.07 Å². The monoisotopic (exact) mass is 289 g/mol. The molecule has 0 bridgehead atoms. The fraction of sp³-hybridized carbons (Fsp3) is 0.667. The molecular weight excluding hydrogens is 271 g/mol. The molecule has 20 heavy (non-hydrogen) atoms. The summed E-state index contributed by atoms with van der Waals surface area (Å²) in [5.41, 5.74) is 2.46. The van der Waals surface area contributed by atoms with E-state index in [-0.39, 0.29) is 12.8 Å². The number of nitrogen functional groups attached to an aromatic ring is 1. The Labute approximate surface area is 115 Å². The summed E-state index contributed by atoms with van der Waals surface area (Å²) in [5.74, 6) is 5.86.